The number of hydrogen-bond donors (Lipinski definition) is 0. The van der Waals surface area contributed by atoms with E-state index in [1.165, 1.54) is 38.8 Å². The Morgan fingerprint density at radius 2 is 1.72 bits per heavy atom. The van der Waals surface area contributed by atoms with E-state index < -0.39 is 0 Å². The second-order valence-electron chi connectivity index (χ2n) is 8.52. The Labute approximate surface area is 152 Å². The van der Waals surface area contributed by atoms with Gasteiger partial charge in [-0.3, -0.25) is 4.79 Å². The van der Waals surface area contributed by atoms with Gasteiger partial charge in [0.15, 0.2) is 0 Å². The molecule has 1 aliphatic carbocycles. The van der Waals surface area contributed by atoms with Crippen molar-refractivity contribution in [1.82, 2.24) is 9.80 Å². The number of carbonyl (C=O) groups is 1. The molecule has 4 rings (SSSR count). The first kappa shape index (κ1) is 17.7. The van der Waals surface area contributed by atoms with E-state index in [1.807, 2.05) is 4.90 Å². The highest BCUT2D eigenvalue weighted by atomic mass is 16.5. The number of hydrogen-bond acceptors (Lipinski definition) is 4. The lowest BCUT2D eigenvalue weighted by Crippen LogP contribution is -2.52. The monoisotopic (exact) mass is 350 g/mol. The van der Waals surface area contributed by atoms with Crippen LogP contribution in [0.5, 0.6) is 0 Å². The fraction of sp³-hybridized carbons (Fsp3) is 0.950. The summed E-state index contributed by atoms with van der Waals surface area (Å²) in [6, 6.07) is 0.825. The minimum atomic E-state index is 0.00864. The van der Waals surface area contributed by atoms with Crippen molar-refractivity contribution in [3.8, 4) is 0 Å². The van der Waals surface area contributed by atoms with Gasteiger partial charge in [-0.1, -0.05) is 12.8 Å². The van der Waals surface area contributed by atoms with Gasteiger partial charge in [-0.15, -0.1) is 0 Å². The largest absolute Gasteiger partial charge is 0.375 e. The average molecular weight is 351 g/mol. The summed E-state index contributed by atoms with van der Waals surface area (Å²) in [6.45, 7) is 5.21. The van der Waals surface area contributed by atoms with Crippen LogP contribution < -0.4 is 0 Å². The maximum Gasteiger partial charge on any atom is 0.248 e. The van der Waals surface area contributed by atoms with Gasteiger partial charge in [0.05, 0.1) is 11.7 Å². The Balaban J connectivity index is 1.24. The van der Waals surface area contributed by atoms with Gasteiger partial charge < -0.3 is 19.3 Å². The molecular weight excluding hydrogens is 316 g/mol. The van der Waals surface area contributed by atoms with Crippen LogP contribution in [-0.2, 0) is 14.3 Å². The molecule has 4 aliphatic rings. The highest BCUT2D eigenvalue weighted by Crippen LogP contribution is 2.38. The SMILES string of the molecule is O=C(COC1CCOC2(CCN(C3CCCC3)CC2)C1)N1CCCC1. The van der Waals surface area contributed by atoms with Crippen LogP contribution >= 0.6 is 0 Å². The first-order chi connectivity index (χ1) is 12.2. The van der Waals surface area contributed by atoms with Crippen LogP contribution in [-0.4, -0.2) is 72.8 Å². The third kappa shape index (κ3) is 4.20. The van der Waals surface area contributed by atoms with Crippen molar-refractivity contribution < 1.29 is 14.3 Å². The zero-order chi connectivity index (χ0) is 17.1. The molecule has 5 heteroatoms. The Kier molecular flexibility index (Phi) is 5.63. The minimum absolute atomic E-state index is 0.00864. The summed E-state index contributed by atoms with van der Waals surface area (Å²) in [5.41, 5.74) is 0.00864. The van der Waals surface area contributed by atoms with Gasteiger partial charge in [-0.2, -0.15) is 0 Å². The third-order valence-electron chi connectivity index (χ3n) is 6.90. The molecule has 3 aliphatic heterocycles. The molecule has 4 fully saturated rings. The molecule has 0 aromatic rings. The molecule has 3 saturated heterocycles. The third-order valence-corrected chi connectivity index (χ3v) is 6.90. The number of piperidine rings is 1. The van der Waals surface area contributed by atoms with Gasteiger partial charge in [0.2, 0.25) is 5.91 Å². The number of carbonyl (C=O) groups excluding carboxylic acids is 1. The number of rotatable bonds is 4. The van der Waals surface area contributed by atoms with Gasteiger partial charge >= 0.3 is 0 Å². The van der Waals surface area contributed by atoms with E-state index in [0.29, 0.717) is 0 Å². The van der Waals surface area contributed by atoms with Gasteiger partial charge in [0.1, 0.15) is 6.61 Å². The molecular formula is C20H34N2O3. The van der Waals surface area contributed by atoms with Crippen molar-refractivity contribution in [2.45, 2.75) is 82.0 Å². The second-order valence-corrected chi connectivity index (χ2v) is 8.52. The number of likely N-dealkylation sites (tertiary alicyclic amines) is 2. The first-order valence-electron chi connectivity index (χ1n) is 10.5. The minimum Gasteiger partial charge on any atom is -0.375 e. The summed E-state index contributed by atoms with van der Waals surface area (Å²) >= 11 is 0. The van der Waals surface area contributed by atoms with Crippen molar-refractivity contribution in [2.24, 2.45) is 0 Å². The van der Waals surface area contributed by atoms with Crippen LogP contribution in [0.15, 0.2) is 0 Å². The zero-order valence-electron chi connectivity index (χ0n) is 15.6. The Morgan fingerprint density at radius 3 is 2.44 bits per heavy atom. The molecule has 1 spiro atoms. The van der Waals surface area contributed by atoms with E-state index in [2.05, 4.69) is 4.90 Å². The molecule has 1 amide bonds. The molecule has 0 aromatic carbocycles. The van der Waals surface area contributed by atoms with Crippen molar-refractivity contribution in [3.63, 3.8) is 0 Å². The standard InChI is InChI=1S/C20H34N2O3/c23-19(22-10-3-4-11-22)16-24-18-7-14-25-20(15-18)8-12-21(13-9-20)17-5-1-2-6-17/h17-18H,1-16H2. The summed E-state index contributed by atoms with van der Waals surface area (Å²) in [5.74, 6) is 0.175. The highest BCUT2D eigenvalue weighted by molar-refractivity contribution is 5.77. The summed E-state index contributed by atoms with van der Waals surface area (Å²) in [7, 11) is 0. The predicted octanol–water partition coefficient (Wildman–Crippen LogP) is 2.58. The average Bonchev–Trinajstić information content (AvgIpc) is 3.34. The normalized spacial score (nSPS) is 31.0. The maximum atomic E-state index is 12.2. The van der Waals surface area contributed by atoms with Crippen LogP contribution in [0.25, 0.3) is 0 Å². The number of ether oxygens (including phenoxy) is 2. The fourth-order valence-corrected chi connectivity index (χ4v) is 5.29. The Bertz CT molecular complexity index is 450. The molecule has 0 aromatic heterocycles. The zero-order valence-corrected chi connectivity index (χ0v) is 15.6. The number of nitrogens with zero attached hydrogens (tertiary/aromatic N) is 2. The second kappa shape index (κ2) is 7.93. The molecule has 3 heterocycles. The van der Waals surface area contributed by atoms with Gasteiger partial charge in [0, 0.05) is 45.2 Å². The highest BCUT2D eigenvalue weighted by Gasteiger charge is 2.42. The topological polar surface area (TPSA) is 42.0 Å². The van der Waals surface area contributed by atoms with Crippen LogP contribution in [0.1, 0.15) is 64.2 Å². The molecule has 0 radical (unpaired) electrons. The van der Waals surface area contributed by atoms with E-state index in [-0.39, 0.29) is 24.2 Å². The van der Waals surface area contributed by atoms with Crippen LogP contribution in [0, 0.1) is 0 Å². The predicted molar refractivity (Wildman–Crippen MR) is 96.5 cm³/mol. The van der Waals surface area contributed by atoms with Crippen molar-refractivity contribution in [1.29, 1.82) is 0 Å². The molecule has 25 heavy (non-hydrogen) atoms. The summed E-state index contributed by atoms with van der Waals surface area (Å²) in [6.07, 6.45) is 12.2. The smallest absolute Gasteiger partial charge is 0.248 e. The van der Waals surface area contributed by atoms with Crippen molar-refractivity contribution in [2.75, 3.05) is 39.4 Å². The molecule has 142 valence electrons. The summed E-state index contributed by atoms with van der Waals surface area (Å²) in [5, 5.41) is 0. The van der Waals surface area contributed by atoms with Crippen LogP contribution in [0.3, 0.4) is 0 Å². The lowest BCUT2D eigenvalue weighted by atomic mass is 9.82. The Hall–Kier alpha value is -0.650. The van der Waals surface area contributed by atoms with Gasteiger partial charge in [-0.25, -0.2) is 0 Å². The summed E-state index contributed by atoms with van der Waals surface area (Å²) in [4.78, 5) is 16.9. The Morgan fingerprint density at radius 1 is 1.00 bits per heavy atom. The molecule has 1 atom stereocenters. The number of amides is 1. The van der Waals surface area contributed by atoms with E-state index in [1.54, 1.807) is 0 Å². The summed E-state index contributed by atoms with van der Waals surface area (Å²) < 4.78 is 12.3. The van der Waals surface area contributed by atoms with E-state index in [4.69, 9.17) is 9.47 Å². The van der Waals surface area contributed by atoms with Gasteiger partial charge in [0.25, 0.3) is 0 Å². The van der Waals surface area contributed by atoms with Crippen LogP contribution in [0.4, 0.5) is 0 Å². The maximum absolute atomic E-state index is 12.2. The molecule has 0 bridgehead atoms. The van der Waals surface area contributed by atoms with E-state index >= 15 is 0 Å². The molecule has 1 saturated carbocycles. The molecule has 5 nitrogen and oxygen atoms in total. The molecule has 1 unspecified atom stereocenters. The van der Waals surface area contributed by atoms with Crippen molar-refractivity contribution in [3.05, 3.63) is 0 Å². The van der Waals surface area contributed by atoms with Crippen molar-refractivity contribution >= 4 is 5.91 Å². The van der Waals surface area contributed by atoms with E-state index in [9.17, 15) is 4.79 Å². The molecule has 0 N–H and O–H groups in total. The first-order valence-corrected chi connectivity index (χ1v) is 10.5. The lowest BCUT2D eigenvalue weighted by molar-refractivity contribution is -0.164. The van der Waals surface area contributed by atoms with E-state index in [0.717, 1.165) is 64.3 Å². The fourth-order valence-electron chi connectivity index (χ4n) is 5.29. The lowest BCUT2D eigenvalue weighted by Gasteiger charge is -2.47. The van der Waals surface area contributed by atoms with Gasteiger partial charge in [-0.05, 0) is 44.9 Å². The quantitative estimate of drug-likeness (QED) is 0.781. The van der Waals surface area contributed by atoms with Crippen LogP contribution in [0.2, 0.25) is 0 Å².